The van der Waals surface area contributed by atoms with Gasteiger partial charge in [-0.1, -0.05) is 0 Å². The van der Waals surface area contributed by atoms with Crippen LogP contribution in [0.5, 0.6) is 5.75 Å². The van der Waals surface area contributed by atoms with Crippen molar-refractivity contribution in [1.29, 1.82) is 0 Å². The molecule has 1 N–H and O–H groups in total. The van der Waals surface area contributed by atoms with Crippen LogP contribution < -0.4 is 15.0 Å². The van der Waals surface area contributed by atoms with E-state index in [0.29, 0.717) is 12.2 Å². The molecule has 0 saturated carbocycles. The second-order valence-corrected chi connectivity index (χ2v) is 7.62. The fraction of sp³-hybridized carbons (Fsp3) is 0.435. The maximum Gasteiger partial charge on any atom is 0.255 e. The molecule has 2 heterocycles. The average molecular weight is 380 g/mol. The highest BCUT2D eigenvalue weighted by molar-refractivity contribution is 6.04. The highest BCUT2D eigenvalue weighted by Crippen LogP contribution is 2.27. The molecule has 5 nitrogen and oxygen atoms in total. The minimum atomic E-state index is -0.112. The molecule has 2 saturated heterocycles. The molecule has 0 aromatic heterocycles. The van der Waals surface area contributed by atoms with E-state index in [2.05, 4.69) is 23.2 Å². The number of aryl methyl sites for hydroxylation is 1. The highest BCUT2D eigenvalue weighted by Gasteiger charge is 2.17. The Hall–Kier alpha value is -2.53. The van der Waals surface area contributed by atoms with Crippen molar-refractivity contribution in [1.82, 2.24) is 0 Å². The molecule has 2 aromatic carbocycles. The van der Waals surface area contributed by atoms with Crippen molar-refractivity contribution in [3.63, 3.8) is 0 Å². The van der Waals surface area contributed by atoms with Gasteiger partial charge in [0.2, 0.25) is 0 Å². The number of hydrogen-bond donors (Lipinski definition) is 1. The lowest BCUT2D eigenvalue weighted by atomic mass is 10.1. The summed E-state index contributed by atoms with van der Waals surface area (Å²) in [6.07, 6.45) is 4.85. The number of carbonyl (C=O) groups excluding carboxylic acids is 1. The molecule has 5 heteroatoms. The number of amides is 1. The summed E-state index contributed by atoms with van der Waals surface area (Å²) in [4.78, 5) is 15.0. The third-order valence-corrected chi connectivity index (χ3v) is 5.48. The van der Waals surface area contributed by atoms with Crippen LogP contribution in [0.25, 0.3) is 0 Å². The van der Waals surface area contributed by atoms with Crippen LogP contribution in [-0.4, -0.2) is 38.3 Å². The van der Waals surface area contributed by atoms with Gasteiger partial charge < -0.3 is 19.7 Å². The first-order chi connectivity index (χ1) is 13.7. The Morgan fingerprint density at radius 2 is 1.93 bits per heavy atom. The minimum absolute atomic E-state index is 0.112. The lowest BCUT2D eigenvalue weighted by molar-refractivity contribution is 0.0679. The van der Waals surface area contributed by atoms with Gasteiger partial charge in [0.1, 0.15) is 12.4 Å². The Balaban J connectivity index is 1.34. The smallest absolute Gasteiger partial charge is 0.255 e. The van der Waals surface area contributed by atoms with Crippen molar-refractivity contribution in [3.05, 3.63) is 53.6 Å². The summed E-state index contributed by atoms with van der Waals surface area (Å²) in [6.45, 7) is 5.73. The molecule has 148 valence electrons. The van der Waals surface area contributed by atoms with Gasteiger partial charge in [-0.3, -0.25) is 4.79 Å². The lowest BCUT2D eigenvalue weighted by Gasteiger charge is -2.20. The number of ether oxygens (including phenoxy) is 2. The SMILES string of the molecule is Cc1cc(NC(=O)c2ccc(OCC3CCCO3)cc2)ccc1N1CCCC1. The van der Waals surface area contributed by atoms with Crippen molar-refractivity contribution in [2.45, 2.75) is 38.7 Å². The molecule has 4 rings (SSSR count). The van der Waals surface area contributed by atoms with Crippen LogP contribution in [-0.2, 0) is 4.74 Å². The van der Waals surface area contributed by atoms with Gasteiger partial charge in [-0.05, 0) is 80.6 Å². The molecule has 28 heavy (non-hydrogen) atoms. The Kier molecular flexibility index (Phi) is 5.81. The number of nitrogens with one attached hydrogen (secondary N) is 1. The molecule has 0 aliphatic carbocycles. The van der Waals surface area contributed by atoms with Gasteiger partial charge in [0.05, 0.1) is 6.10 Å². The molecule has 0 bridgehead atoms. The number of hydrogen-bond acceptors (Lipinski definition) is 4. The van der Waals surface area contributed by atoms with Gasteiger partial charge in [0.25, 0.3) is 5.91 Å². The van der Waals surface area contributed by atoms with E-state index in [4.69, 9.17) is 9.47 Å². The fourth-order valence-corrected chi connectivity index (χ4v) is 3.92. The van der Waals surface area contributed by atoms with Crippen LogP contribution in [0.4, 0.5) is 11.4 Å². The maximum atomic E-state index is 12.6. The zero-order valence-electron chi connectivity index (χ0n) is 16.4. The number of anilines is 2. The predicted octanol–water partition coefficient (Wildman–Crippen LogP) is 4.41. The van der Waals surface area contributed by atoms with E-state index < -0.39 is 0 Å². The van der Waals surface area contributed by atoms with E-state index in [9.17, 15) is 4.79 Å². The molecule has 2 aliphatic heterocycles. The Morgan fingerprint density at radius 1 is 1.14 bits per heavy atom. The average Bonchev–Trinajstić information content (AvgIpc) is 3.41. The topological polar surface area (TPSA) is 50.8 Å². The molecular weight excluding hydrogens is 352 g/mol. The van der Waals surface area contributed by atoms with E-state index in [0.717, 1.165) is 44.0 Å². The Labute approximate surface area is 166 Å². The molecule has 1 unspecified atom stereocenters. The molecule has 0 radical (unpaired) electrons. The molecule has 1 amide bonds. The minimum Gasteiger partial charge on any atom is -0.491 e. The summed E-state index contributed by atoms with van der Waals surface area (Å²) in [7, 11) is 0. The molecular formula is C23H28N2O3. The summed E-state index contributed by atoms with van der Waals surface area (Å²) in [5.74, 6) is 0.650. The van der Waals surface area contributed by atoms with E-state index in [-0.39, 0.29) is 12.0 Å². The highest BCUT2D eigenvalue weighted by atomic mass is 16.5. The zero-order valence-corrected chi connectivity index (χ0v) is 16.4. The third kappa shape index (κ3) is 4.47. The zero-order chi connectivity index (χ0) is 19.3. The van der Waals surface area contributed by atoms with Crippen LogP contribution in [0.15, 0.2) is 42.5 Å². The summed E-state index contributed by atoms with van der Waals surface area (Å²) in [5.41, 5.74) is 3.90. The summed E-state index contributed by atoms with van der Waals surface area (Å²) < 4.78 is 11.3. The van der Waals surface area contributed by atoms with E-state index >= 15 is 0 Å². The molecule has 2 fully saturated rings. The molecule has 2 aliphatic rings. The van der Waals surface area contributed by atoms with Crippen molar-refractivity contribution in [3.8, 4) is 5.75 Å². The largest absolute Gasteiger partial charge is 0.491 e. The second kappa shape index (κ2) is 8.65. The van der Waals surface area contributed by atoms with Crippen molar-refractivity contribution < 1.29 is 14.3 Å². The third-order valence-electron chi connectivity index (χ3n) is 5.48. The first-order valence-corrected chi connectivity index (χ1v) is 10.2. The maximum absolute atomic E-state index is 12.6. The number of rotatable bonds is 6. The lowest BCUT2D eigenvalue weighted by Crippen LogP contribution is -2.19. The molecule has 2 aromatic rings. The van der Waals surface area contributed by atoms with Crippen molar-refractivity contribution >= 4 is 17.3 Å². The monoisotopic (exact) mass is 380 g/mol. The van der Waals surface area contributed by atoms with Gasteiger partial charge in [-0.2, -0.15) is 0 Å². The second-order valence-electron chi connectivity index (χ2n) is 7.62. The van der Waals surface area contributed by atoms with Gasteiger partial charge in [0.15, 0.2) is 0 Å². The molecule has 0 spiro atoms. The fourth-order valence-electron chi connectivity index (χ4n) is 3.92. The van der Waals surface area contributed by atoms with Crippen LogP contribution in [0, 0.1) is 6.92 Å². The summed E-state index contributed by atoms with van der Waals surface area (Å²) in [5, 5.41) is 2.99. The van der Waals surface area contributed by atoms with Crippen LogP contribution in [0.3, 0.4) is 0 Å². The van der Waals surface area contributed by atoms with Gasteiger partial charge in [0, 0.05) is 36.6 Å². The number of benzene rings is 2. The van der Waals surface area contributed by atoms with Gasteiger partial charge in [-0.15, -0.1) is 0 Å². The van der Waals surface area contributed by atoms with Crippen molar-refractivity contribution in [2.24, 2.45) is 0 Å². The van der Waals surface area contributed by atoms with E-state index in [1.165, 1.54) is 24.1 Å². The van der Waals surface area contributed by atoms with Crippen LogP contribution >= 0.6 is 0 Å². The number of carbonyl (C=O) groups is 1. The molecule has 1 atom stereocenters. The standard InChI is InChI=1S/C23H28N2O3/c1-17-15-19(8-11-22(17)25-12-2-3-13-25)24-23(26)18-6-9-20(10-7-18)28-16-21-5-4-14-27-21/h6-11,15,21H,2-5,12-14,16H2,1H3,(H,24,26). The Morgan fingerprint density at radius 3 is 2.61 bits per heavy atom. The Bertz CT molecular complexity index is 807. The van der Waals surface area contributed by atoms with E-state index in [1.807, 2.05) is 24.3 Å². The van der Waals surface area contributed by atoms with Crippen LogP contribution in [0.2, 0.25) is 0 Å². The first kappa shape index (κ1) is 18.8. The predicted molar refractivity (Wildman–Crippen MR) is 111 cm³/mol. The van der Waals surface area contributed by atoms with Crippen molar-refractivity contribution in [2.75, 3.05) is 36.5 Å². The van der Waals surface area contributed by atoms with E-state index in [1.54, 1.807) is 12.1 Å². The summed E-state index contributed by atoms with van der Waals surface area (Å²) in [6, 6.07) is 13.4. The van der Waals surface area contributed by atoms with Crippen LogP contribution in [0.1, 0.15) is 41.6 Å². The quantitative estimate of drug-likeness (QED) is 0.807. The first-order valence-electron chi connectivity index (χ1n) is 10.2. The normalized spacial score (nSPS) is 19.0. The van der Waals surface area contributed by atoms with Gasteiger partial charge in [-0.25, -0.2) is 0 Å². The number of nitrogens with zero attached hydrogens (tertiary/aromatic N) is 1. The summed E-state index contributed by atoms with van der Waals surface area (Å²) >= 11 is 0. The van der Waals surface area contributed by atoms with Gasteiger partial charge >= 0.3 is 0 Å².